The normalized spacial score (nSPS) is 12.3. The zero-order chi connectivity index (χ0) is 20.6. The second-order valence-electron chi connectivity index (χ2n) is 5.92. The first kappa shape index (κ1) is 22.3. The molecule has 1 amide bonds. The van der Waals surface area contributed by atoms with Crippen LogP contribution in [0.1, 0.15) is 30.6 Å². The number of rotatable bonds is 8. The molecular formula is C17H20F3NO6. The number of benzene rings is 1. The molecule has 1 rings (SSSR count). The topological polar surface area (TPSA) is 90.9 Å². The molecule has 0 aliphatic rings. The molecule has 0 radical (unpaired) electrons. The number of halogens is 3. The molecule has 0 aromatic heterocycles. The summed E-state index contributed by atoms with van der Waals surface area (Å²) in [7, 11) is 1.19. The standard InChI is InChI=1S/C17H20F3NO6/c1-10(2)8-13(16(24)25-3)21-14(22)9-26-15(23)11-4-6-12(7-5-11)27-17(18,19)20/h4-7,10,13H,8-9H2,1-3H3,(H,21,22)/t13-/m1/s1. The molecule has 0 heterocycles. The summed E-state index contributed by atoms with van der Waals surface area (Å²) >= 11 is 0. The highest BCUT2D eigenvalue weighted by Gasteiger charge is 2.31. The van der Waals surface area contributed by atoms with Crippen LogP contribution in [-0.2, 0) is 19.1 Å². The molecule has 0 aliphatic carbocycles. The van der Waals surface area contributed by atoms with Crippen LogP contribution in [0.2, 0.25) is 0 Å². The van der Waals surface area contributed by atoms with Gasteiger partial charge in [-0.1, -0.05) is 13.8 Å². The molecule has 0 bridgehead atoms. The fraction of sp³-hybridized carbons (Fsp3) is 0.471. The third kappa shape index (κ3) is 8.43. The molecule has 1 N–H and O–H groups in total. The van der Waals surface area contributed by atoms with Crippen molar-refractivity contribution in [2.24, 2.45) is 5.92 Å². The van der Waals surface area contributed by atoms with Crippen LogP contribution in [0.3, 0.4) is 0 Å². The maximum atomic E-state index is 12.1. The highest BCUT2D eigenvalue weighted by Crippen LogP contribution is 2.22. The van der Waals surface area contributed by atoms with Crippen LogP contribution < -0.4 is 10.1 Å². The molecule has 1 aromatic carbocycles. The van der Waals surface area contributed by atoms with E-state index < -0.39 is 42.6 Å². The van der Waals surface area contributed by atoms with Gasteiger partial charge >= 0.3 is 18.3 Å². The highest BCUT2D eigenvalue weighted by atomic mass is 19.4. The fourth-order valence-electron chi connectivity index (χ4n) is 2.07. The molecule has 1 atom stereocenters. The van der Waals surface area contributed by atoms with Gasteiger partial charge in [0, 0.05) is 0 Å². The van der Waals surface area contributed by atoms with Gasteiger partial charge in [0.15, 0.2) is 6.61 Å². The maximum Gasteiger partial charge on any atom is 0.573 e. The first-order valence-corrected chi connectivity index (χ1v) is 7.92. The first-order valence-electron chi connectivity index (χ1n) is 7.92. The lowest BCUT2D eigenvalue weighted by Crippen LogP contribution is -2.44. The summed E-state index contributed by atoms with van der Waals surface area (Å²) in [6, 6.07) is 3.15. The largest absolute Gasteiger partial charge is 0.573 e. The predicted octanol–water partition coefficient (Wildman–Crippen LogP) is 2.45. The monoisotopic (exact) mass is 391 g/mol. The molecule has 1 aromatic rings. The lowest BCUT2D eigenvalue weighted by Gasteiger charge is -2.18. The number of carbonyl (C=O) groups is 3. The van der Waals surface area contributed by atoms with Gasteiger partial charge in [0.2, 0.25) is 0 Å². The Kier molecular flexibility index (Phi) is 8.07. The number of hydrogen-bond donors (Lipinski definition) is 1. The van der Waals surface area contributed by atoms with Crippen LogP contribution in [0.4, 0.5) is 13.2 Å². The van der Waals surface area contributed by atoms with Crippen LogP contribution in [0.25, 0.3) is 0 Å². The van der Waals surface area contributed by atoms with Gasteiger partial charge in [-0.2, -0.15) is 0 Å². The number of methoxy groups -OCH3 is 1. The van der Waals surface area contributed by atoms with Gasteiger partial charge in [-0.3, -0.25) is 4.79 Å². The first-order chi connectivity index (χ1) is 12.5. The summed E-state index contributed by atoms with van der Waals surface area (Å²) in [5.74, 6) is -2.64. The predicted molar refractivity (Wildman–Crippen MR) is 86.8 cm³/mol. The van der Waals surface area contributed by atoms with Crippen molar-refractivity contribution in [1.82, 2.24) is 5.32 Å². The van der Waals surface area contributed by atoms with E-state index in [1.807, 2.05) is 13.8 Å². The number of esters is 2. The van der Waals surface area contributed by atoms with E-state index in [1.165, 1.54) is 7.11 Å². The van der Waals surface area contributed by atoms with Crippen LogP contribution in [0.15, 0.2) is 24.3 Å². The number of amides is 1. The van der Waals surface area contributed by atoms with Crippen molar-refractivity contribution in [3.63, 3.8) is 0 Å². The van der Waals surface area contributed by atoms with E-state index in [0.29, 0.717) is 6.42 Å². The zero-order valence-corrected chi connectivity index (χ0v) is 15.0. The van der Waals surface area contributed by atoms with Crippen LogP contribution in [0.5, 0.6) is 5.75 Å². The van der Waals surface area contributed by atoms with E-state index in [0.717, 1.165) is 24.3 Å². The Morgan fingerprint density at radius 2 is 1.70 bits per heavy atom. The molecule has 0 saturated heterocycles. The smallest absolute Gasteiger partial charge is 0.467 e. The molecule has 7 nitrogen and oxygen atoms in total. The molecule has 10 heteroatoms. The van der Waals surface area contributed by atoms with Crippen LogP contribution >= 0.6 is 0 Å². The van der Waals surface area contributed by atoms with Crippen molar-refractivity contribution in [3.05, 3.63) is 29.8 Å². The number of carbonyl (C=O) groups excluding carboxylic acids is 3. The second kappa shape index (κ2) is 9.79. The van der Waals surface area contributed by atoms with Gasteiger partial charge in [-0.15, -0.1) is 13.2 Å². The van der Waals surface area contributed by atoms with Crippen molar-refractivity contribution in [3.8, 4) is 5.75 Å². The average Bonchev–Trinajstić information content (AvgIpc) is 2.57. The maximum absolute atomic E-state index is 12.1. The van der Waals surface area contributed by atoms with Gasteiger partial charge in [-0.25, -0.2) is 9.59 Å². The van der Waals surface area contributed by atoms with E-state index in [4.69, 9.17) is 4.74 Å². The van der Waals surface area contributed by atoms with E-state index in [-0.39, 0.29) is 11.5 Å². The van der Waals surface area contributed by atoms with Gasteiger partial charge in [0.25, 0.3) is 5.91 Å². The van der Waals surface area contributed by atoms with Gasteiger partial charge in [0.05, 0.1) is 12.7 Å². The Balaban J connectivity index is 2.57. The molecule has 0 saturated carbocycles. The lowest BCUT2D eigenvalue weighted by atomic mass is 10.0. The Labute approximate surface area is 153 Å². The summed E-state index contributed by atoms with van der Waals surface area (Å²) in [5, 5.41) is 2.41. The molecular weight excluding hydrogens is 371 g/mol. The van der Waals surface area contributed by atoms with Crippen molar-refractivity contribution in [2.45, 2.75) is 32.7 Å². The number of hydrogen-bond acceptors (Lipinski definition) is 6. The lowest BCUT2D eigenvalue weighted by molar-refractivity contribution is -0.274. The molecule has 0 spiro atoms. The minimum atomic E-state index is -4.84. The van der Waals surface area contributed by atoms with Crippen LogP contribution in [0, 0.1) is 5.92 Å². The summed E-state index contributed by atoms with van der Waals surface area (Å²) in [4.78, 5) is 35.3. The number of nitrogens with one attached hydrogen (secondary N) is 1. The number of ether oxygens (including phenoxy) is 3. The summed E-state index contributed by atoms with van der Waals surface area (Å²) in [5.41, 5.74) is -0.0657. The minimum Gasteiger partial charge on any atom is -0.467 e. The summed E-state index contributed by atoms with van der Waals surface area (Å²) < 4.78 is 49.3. The van der Waals surface area contributed by atoms with Crippen molar-refractivity contribution >= 4 is 17.8 Å². The third-order valence-corrected chi connectivity index (χ3v) is 3.19. The minimum absolute atomic E-state index is 0.0657. The molecule has 0 unspecified atom stereocenters. The summed E-state index contributed by atoms with van der Waals surface area (Å²) in [6.07, 6.45) is -4.50. The van der Waals surface area contributed by atoms with Crippen molar-refractivity contribution in [1.29, 1.82) is 0 Å². The average molecular weight is 391 g/mol. The van der Waals surface area contributed by atoms with Gasteiger partial charge in [0.1, 0.15) is 11.8 Å². The van der Waals surface area contributed by atoms with Gasteiger partial charge in [-0.05, 0) is 36.6 Å². The highest BCUT2D eigenvalue weighted by molar-refractivity contribution is 5.92. The fourth-order valence-corrected chi connectivity index (χ4v) is 2.07. The van der Waals surface area contributed by atoms with E-state index in [9.17, 15) is 27.6 Å². The Morgan fingerprint density at radius 1 is 1.11 bits per heavy atom. The SMILES string of the molecule is COC(=O)[C@@H](CC(C)C)NC(=O)COC(=O)c1ccc(OC(F)(F)F)cc1. The van der Waals surface area contributed by atoms with Crippen molar-refractivity contribution in [2.75, 3.05) is 13.7 Å². The second-order valence-corrected chi connectivity index (χ2v) is 5.92. The Bertz CT molecular complexity index is 658. The summed E-state index contributed by atoms with van der Waals surface area (Å²) in [6.45, 7) is 3.05. The van der Waals surface area contributed by atoms with E-state index in [1.54, 1.807) is 0 Å². The molecule has 0 fully saturated rings. The quantitative estimate of drug-likeness (QED) is 0.685. The van der Waals surface area contributed by atoms with E-state index >= 15 is 0 Å². The Morgan fingerprint density at radius 3 is 2.19 bits per heavy atom. The number of alkyl halides is 3. The van der Waals surface area contributed by atoms with Crippen molar-refractivity contribution < 1.29 is 41.8 Å². The Hall–Kier alpha value is -2.78. The molecule has 0 aliphatic heterocycles. The zero-order valence-electron chi connectivity index (χ0n) is 15.0. The van der Waals surface area contributed by atoms with Gasteiger partial charge < -0.3 is 19.5 Å². The third-order valence-electron chi connectivity index (χ3n) is 3.19. The van der Waals surface area contributed by atoms with Crippen LogP contribution in [-0.4, -0.2) is 44.0 Å². The molecule has 150 valence electrons. The molecule has 27 heavy (non-hydrogen) atoms. The van der Waals surface area contributed by atoms with E-state index in [2.05, 4.69) is 14.8 Å².